The number of esters is 1. The Kier molecular flexibility index (Phi) is 5.34. The maximum absolute atomic E-state index is 12.8. The molecule has 0 heterocycles. The standard InChI is InChI=1S/C20H21Cl3O4/c21-14-4-16(23)17(5-15(14)22)26-10-19(25)27-9-18(24)20-6-11-1-12(7-20)3-13(2-11)8-20/h4-5,11-13H,1-3,6-10H2. The molecule has 1 aromatic carbocycles. The van der Waals surface area contributed by atoms with Gasteiger partial charge in [-0.1, -0.05) is 34.8 Å². The average molecular weight is 432 g/mol. The summed E-state index contributed by atoms with van der Waals surface area (Å²) in [6.07, 6.45) is 6.69. The fraction of sp³-hybridized carbons (Fsp3) is 0.600. The van der Waals surface area contributed by atoms with Crippen LogP contribution in [0.3, 0.4) is 0 Å². The van der Waals surface area contributed by atoms with E-state index >= 15 is 0 Å². The van der Waals surface area contributed by atoms with E-state index in [4.69, 9.17) is 44.3 Å². The molecule has 5 rings (SSSR count). The Hall–Kier alpha value is -0.970. The zero-order valence-corrected chi connectivity index (χ0v) is 17.1. The monoisotopic (exact) mass is 430 g/mol. The quantitative estimate of drug-likeness (QED) is 0.450. The molecule has 4 saturated carbocycles. The van der Waals surface area contributed by atoms with E-state index in [2.05, 4.69) is 0 Å². The fourth-order valence-corrected chi connectivity index (χ4v) is 6.14. The summed E-state index contributed by atoms with van der Waals surface area (Å²) in [6, 6.07) is 2.89. The average Bonchev–Trinajstić information content (AvgIpc) is 2.60. The predicted octanol–water partition coefficient (Wildman–Crippen LogP) is 5.35. The summed E-state index contributed by atoms with van der Waals surface area (Å²) in [5.41, 5.74) is -0.261. The highest BCUT2D eigenvalue weighted by Crippen LogP contribution is 2.60. The van der Waals surface area contributed by atoms with Gasteiger partial charge in [0.15, 0.2) is 19.0 Å². The minimum atomic E-state index is -0.602. The third-order valence-electron chi connectivity index (χ3n) is 6.31. The molecule has 27 heavy (non-hydrogen) atoms. The number of hydrogen-bond acceptors (Lipinski definition) is 4. The van der Waals surface area contributed by atoms with Gasteiger partial charge in [-0.25, -0.2) is 4.79 Å². The normalized spacial score (nSPS) is 31.0. The molecule has 4 aliphatic rings. The maximum Gasteiger partial charge on any atom is 0.344 e. The Labute approximate surface area is 173 Å². The van der Waals surface area contributed by atoms with E-state index in [-0.39, 0.29) is 40.2 Å². The van der Waals surface area contributed by atoms with E-state index < -0.39 is 5.97 Å². The Morgan fingerprint density at radius 3 is 2.04 bits per heavy atom. The van der Waals surface area contributed by atoms with Crippen molar-refractivity contribution in [3.8, 4) is 5.75 Å². The highest BCUT2D eigenvalue weighted by atomic mass is 35.5. The summed E-state index contributed by atoms with van der Waals surface area (Å²) in [7, 11) is 0. The zero-order chi connectivity index (χ0) is 19.2. The van der Waals surface area contributed by atoms with Gasteiger partial charge in [0.25, 0.3) is 0 Å². The molecule has 4 fully saturated rings. The molecule has 0 saturated heterocycles. The first-order chi connectivity index (χ1) is 12.8. The molecule has 0 aliphatic heterocycles. The number of carbonyl (C=O) groups excluding carboxylic acids is 2. The van der Waals surface area contributed by atoms with E-state index in [1.807, 2.05) is 0 Å². The van der Waals surface area contributed by atoms with Crippen LogP contribution in [-0.4, -0.2) is 25.0 Å². The number of Topliss-reactive ketones (excluding diaryl/α,β-unsaturated/α-hetero) is 1. The van der Waals surface area contributed by atoms with Crippen LogP contribution in [0.15, 0.2) is 12.1 Å². The van der Waals surface area contributed by atoms with E-state index in [0.717, 1.165) is 19.3 Å². The van der Waals surface area contributed by atoms with Crippen LogP contribution in [0.25, 0.3) is 0 Å². The number of benzene rings is 1. The molecule has 1 aromatic rings. The van der Waals surface area contributed by atoms with Crippen LogP contribution in [0.5, 0.6) is 5.75 Å². The van der Waals surface area contributed by atoms with Gasteiger partial charge < -0.3 is 9.47 Å². The molecule has 4 bridgehead atoms. The van der Waals surface area contributed by atoms with Crippen molar-refractivity contribution >= 4 is 46.6 Å². The summed E-state index contributed by atoms with van der Waals surface area (Å²) in [4.78, 5) is 24.8. The van der Waals surface area contributed by atoms with Gasteiger partial charge in [-0.05, 0) is 62.3 Å². The van der Waals surface area contributed by atoms with Gasteiger partial charge in [0.05, 0.1) is 15.1 Å². The highest BCUT2D eigenvalue weighted by Gasteiger charge is 2.54. The molecule has 4 nitrogen and oxygen atoms in total. The number of ketones is 1. The van der Waals surface area contributed by atoms with Crippen molar-refractivity contribution in [2.75, 3.05) is 13.2 Å². The van der Waals surface area contributed by atoms with Crippen molar-refractivity contribution in [2.24, 2.45) is 23.2 Å². The summed E-state index contributed by atoms with van der Waals surface area (Å²) < 4.78 is 10.5. The van der Waals surface area contributed by atoms with Crippen molar-refractivity contribution in [2.45, 2.75) is 38.5 Å². The molecule has 0 spiro atoms. The van der Waals surface area contributed by atoms with Crippen LogP contribution >= 0.6 is 34.8 Å². The molecular formula is C20H21Cl3O4. The van der Waals surface area contributed by atoms with Crippen molar-refractivity contribution in [3.63, 3.8) is 0 Å². The third kappa shape index (κ3) is 3.94. The van der Waals surface area contributed by atoms with Crippen LogP contribution < -0.4 is 4.74 Å². The predicted molar refractivity (Wildman–Crippen MR) is 104 cm³/mol. The number of hydrogen-bond donors (Lipinski definition) is 0. The lowest BCUT2D eigenvalue weighted by Gasteiger charge is -2.55. The zero-order valence-electron chi connectivity index (χ0n) is 14.8. The fourth-order valence-electron chi connectivity index (χ4n) is 5.54. The number of ether oxygens (including phenoxy) is 2. The van der Waals surface area contributed by atoms with E-state index in [1.165, 1.54) is 31.4 Å². The Morgan fingerprint density at radius 2 is 1.44 bits per heavy atom. The van der Waals surface area contributed by atoms with E-state index in [9.17, 15) is 9.59 Å². The number of halogens is 3. The summed E-state index contributed by atoms with van der Waals surface area (Å²) in [5, 5.41) is 0.834. The van der Waals surface area contributed by atoms with E-state index in [0.29, 0.717) is 22.8 Å². The van der Waals surface area contributed by atoms with Gasteiger partial charge in [0.2, 0.25) is 0 Å². The largest absolute Gasteiger partial charge is 0.480 e. The number of carbonyl (C=O) groups is 2. The topological polar surface area (TPSA) is 52.6 Å². The first-order valence-electron chi connectivity index (χ1n) is 9.31. The van der Waals surface area contributed by atoms with Gasteiger partial charge in [-0.2, -0.15) is 0 Å². The smallest absolute Gasteiger partial charge is 0.344 e. The number of rotatable bonds is 6. The molecule has 0 unspecified atom stereocenters. The first-order valence-corrected chi connectivity index (χ1v) is 10.4. The van der Waals surface area contributed by atoms with Crippen LogP contribution in [0.4, 0.5) is 0 Å². The van der Waals surface area contributed by atoms with Crippen molar-refractivity contribution < 1.29 is 19.1 Å². The summed E-state index contributed by atoms with van der Waals surface area (Å²) in [6.45, 7) is -0.519. The van der Waals surface area contributed by atoms with Gasteiger partial charge in [-0.3, -0.25) is 4.79 Å². The molecule has 4 aliphatic carbocycles. The molecule has 146 valence electrons. The first kappa shape index (κ1) is 19.4. The van der Waals surface area contributed by atoms with Gasteiger partial charge in [0, 0.05) is 11.5 Å². The summed E-state index contributed by atoms with van der Waals surface area (Å²) in [5.74, 6) is 1.75. The molecule has 7 heteroatoms. The van der Waals surface area contributed by atoms with E-state index in [1.54, 1.807) is 0 Å². The van der Waals surface area contributed by atoms with Crippen LogP contribution in [-0.2, 0) is 14.3 Å². The molecular weight excluding hydrogens is 411 g/mol. The lowest BCUT2D eigenvalue weighted by Crippen LogP contribution is -2.51. The van der Waals surface area contributed by atoms with Crippen molar-refractivity contribution in [1.29, 1.82) is 0 Å². The highest BCUT2D eigenvalue weighted by molar-refractivity contribution is 6.43. The van der Waals surface area contributed by atoms with Crippen LogP contribution in [0.1, 0.15) is 38.5 Å². The Balaban J connectivity index is 1.30. The van der Waals surface area contributed by atoms with Gasteiger partial charge in [0.1, 0.15) is 5.75 Å². The second-order valence-electron chi connectivity index (χ2n) is 8.27. The van der Waals surface area contributed by atoms with Gasteiger partial charge >= 0.3 is 5.97 Å². The maximum atomic E-state index is 12.8. The minimum absolute atomic E-state index is 0.0718. The molecule has 0 N–H and O–H groups in total. The van der Waals surface area contributed by atoms with Crippen LogP contribution in [0.2, 0.25) is 15.1 Å². The Morgan fingerprint density at radius 1 is 0.889 bits per heavy atom. The van der Waals surface area contributed by atoms with Crippen molar-refractivity contribution in [3.05, 3.63) is 27.2 Å². The van der Waals surface area contributed by atoms with Crippen LogP contribution in [0, 0.1) is 23.2 Å². The third-order valence-corrected chi connectivity index (χ3v) is 7.33. The molecule has 0 radical (unpaired) electrons. The lowest BCUT2D eigenvalue weighted by molar-refractivity contribution is -0.158. The molecule has 0 amide bonds. The second-order valence-corrected chi connectivity index (χ2v) is 9.49. The minimum Gasteiger partial charge on any atom is -0.480 e. The van der Waals surface area contributed by atoms with Crippen molar-refractivity contribution in [1.82, 2.24) is 0 Å². The summed E-state index contributed by atoms with van der Waals surface area (Å²) >= 11 is 17.8. The Bertz CT molecular complexity index is 741. The SMILES string of the molecule is O=C(COc1cc(Cl)c(Cl)cc1Cl)OCC(=O)C12CC3CC(CC(C3)C1)C2. The van der Waals surface area contributed by atoms with Gasteiger partial charge in [-0.15, -0.1) is 0 Å². The lowest BCUT2D eigenvalue weighted by atomic mass is 9.48. The molecule has 0 aromatic heterocycles. The second kappa shape index (κ2) is 7.46. The molecule has 0 atom stereocenters.